The molecule has 0 bridgehead atoms. The van der Waals surface area contributed by atoms with E-state index in [1.807, 2.05) is 37.3 Å². The van der Waals surface area contributed by atoms with Crippen LogP contribution in [0, 0.1) is 0 Å². The van der Waals surface area contributed by atoms with Crippen LogP contribution in [0.2, 0.25) is 0 Å². The standard InChI is InChI=1S/C29H33NO3/c1-5-29(4,28(31)32-6-2)33-27-18-16-26(17-19-27)30-21-20-22(3)23-12-14-25(15-13-23)24-10-8-7-9-11-24/h7-20,30H,5-6,21H2,1-4H3/b22-20+. The SMILES string of the molecule is CCOC(=O)C(C)(CC)Oc1ccc(NC/C=C(\C)c2ccc(-c3ccccc3)cc2)cc1. The van der Waals surface area contributed by atoms with E-state index in [-0.39, 0.29) is 5.97 Å². The summed E-state index contributed by atoms with van der Waals surface area (Å²) >= 11 is 0. The first-order valence-electron chi connectivity index (χ1n) is 11.5. The summed E-state index contributed by atoms with van der Waals surface area (Å²) in [5, 5.41) is 3.41. The van der Waals surface area contributed by atoms with Gasteiger partial charge in [0, 0.05) is 12.2 Å². The van der Waals surface area contributed by atoms with Gasteiger partial charge in [-0.2, -0.15) is 0 Å². The first-order valence-corrected chi connectivity index (χ1v) is 11.5. The fourth-order valence-electron chi connectivity index (χ4n) is 3.44. The van der Waals surface area contributed by atoms with Crippen LogP contribution in [0.15, 0.2) is 84.9 Å². The van der Waals surface area contributed by atoms with Gasteiger partial charge in [0.05, 0.1) is 6.61 Å². The number of carbonyl (C=O) groups excluding carboxylic acids is 1. The molecule has 0 fully saturated rings. The Hall–Kier alpha value is -3.53. The zero-order chi connectivity index (χ0) is 23.7. The van der Waals surface area contributed by atoms with Gasteiger partial charge in [0.2, 0.25) is 5.60 Å². The number of hydrogen-bond donors (Lipinski definition) is 1. The van der Waals surface area contributed by atoms with E-state index in [0.717, 1.165) is 5.69 Å². The van der Waals surface area contributed by atoms with Crippen molar-refractivity contribution >= 4 is 17.2 Å². The lowest BCUT2D eigenvalue weighted by molar-refractivity contribution is -0.160. The van der Waals surface area contributed by atoms with Crippen LogP contribution in [0.5, 0.6) is 5.75 Å². The first-order chi connectivity index (χ1) is 15.9. The lowest BCUT2D eigenvalue weighted by Crippen LogP contribution is -2.42. The molecule has 1 atom stereocenters. The van der Waals surface area contributed by atoms with Crippen LogP contribution in [0.25, 0.3) is 16.7 Å². The maximum Gasteiger partial charge on any atom is 0.350 e. The number of rotatable bonds is 10. The van der Waals surface area contributed by atoms with E-state index in [1.54, 1.807) is 13.8 Å². The molecule has 4 heteroatoms. The summed E-state index contributed by atoms with van der Waals surface area (Å²) in [7, 11) is 0. The predicted octanol–water partition coefficient (Wildman–Crippen LogP) is 6.98. The van der Waals surface area contributed by atoms with E-state index in [2.05, 4.69) is 66.8 Å². The molecule has 3 aromatic carbocycles. The lowest BCUT2D eigenvalue weighted by Gasteiger charge is -2.27. The van der Waals surface area contributed by atoms with E-state index >= 15 is 0 Å². The van der Waals surface area contributed by atoms with Crippen molar-refractivity contribution < 1.29 is 14.3 Å². The van der Waals surface area contributed by atoms with Gasteiger partial charge < -0.3 is 14.8 Å². The van der Waals surface area contributed by atoms with Gasteiger partial charge in [-0.1, -0.05) is 67.6 Å². The molecule has 0 aliphatic heterocycles. The second kappa shape index (κ2) is 11.4. The van der Waals surface area contributed by atoms with Crippen LogP contribution < -0.4 is 10.1 Å². The molecular formula is C29H33NO3. The highest BCUT2D eigenvalue weighted by Gasteiger charge is 2.35. The van der Waals surface area contributed by atoms with Crippen molar-refractivity contribution in [3.63, 3.8) is 0 Å². The van der Waals surface area contributed by atoms with Crippen LogP contribution in [-0.4, -0.2) is 24.7 Å². The summed E-state index contributed by atoms with van der Waals surface area (Å²) in [4.78, 5) is 12.2. The summed E-state index contributed by atoms with van der Waals surface area (Å²) < 4.78 is 11.1. The molecule has 172 valence electrons. The molecule has 1 N–H and O–H groups in total. The van der Waals surface area contributed by atoms with Crippen LogP contribution in [0.4, 0.5) is 5.69 Å². The molecule has 0 radical (unpaired) electrons. The number of ether oxygens (including phenoxy) is 2. The predicted molar refractivity (Wildman–Crippen MR) is 136 cm³/mol. The van der Waals surface area contributed by atoms with Crippen molar-refractivity contribution in [2.24, 2.45) is 0 Å². The molecule has 0 saturated carbocycles. The number of benzene rings is 3. The first kappa shape index (κ1) is 24.1. The van der Waals surface area contributed by atoms with Gasteiger partial charge in [0.15, 0.2) is 0 Å². The zero-order valence-electron chi connectivity index (χ0n) is 19.9. The Morgan fingerprint density at radius 3 is 2.15 bits per heavy atom. The fraction of sp³-hybridized carbons (Fsp3) is 0.276. The van der Waals surface area contributed by atoms with Gasteiger partial charge in [-0.15, -0.1) is 0 Å². The molecular weight excluding hydrogens is 410 g/mol. The average Bonchev–Trinajstić information content (AvgIpc) is 2.85. The molecule has 0 aromatic heterocycles. The third-order valence-electron chi connectivity index (χ3n) is 5.74. The molecule has 3 aromatic rings. The Kier molecular flexibility index (Phi) is 8.31. The third kappa shape index (κ3) is 6.48. The molecule has 0 amide bonds. The van der Waals surface area contributed by atoms with Gasteiger partial charge in [-0.05, 0) is 73.7 Å². The number of esters is 1. The number of carbonyl (C=O) groups is 1. The Balaban J connectivity index is 1.56. The van der Waals surface area contributed by atoms with E-state index in [0.29, 0.717) is 25.3 Å². The minimum atomic E-state index is -0.985. The molecule has 3 rings (SSSR count). The largest absolute Gasteiger partial charge is 0.476 e. The maximum atomic E-state index is 12.2. The van der Waals surface area contributed by atoms with Crippen molar-refractivity contribution in [2.45, 2.75) is 39.7 Å². The monoisotopic (exact) mass is 443 g/mol. The van der Waals surface area contributed by atoms with E-state index in [9.17, 15) is 4.79 Å². The Bertz CT molecular complexity index is 1060. The van der Waals surface area contributed by atoms with Crippen molar-refractivity contribution in [1.29, 1.82) is 0 Å². The second-order valence-electron chi connectivity index (χ2n) is 8.14. The third-order valence-corrected chi connectivity index (χ3v) is 5.74. The number of hydrogen-bond acceptors (Lipinski definition) is 4. The number of anilines is 1. The number of nitrogens with one attached hydrogen (secondary N) is 1. The summed E-state index contributed by atoms with van der Waals surface area (Å²) in [6.45, 7) is 8.64. The van der Waals surface area contributed by atoms with Crippen LogP contribution in [0.1, 0.15) is 39.7 Å². The highest BCUT2D eigenvalue weighted by Crippen LogP contribution is 2.25. The van der Waals surface area contributed by atoms with Crippen molar-refractivity contribution in [2.75, 3.05) is 18.5 Å². The summed E-state index contributed by atoms with van der Waals surface area (Å²) in [5.74, 6) is 0.301. The van der Waals surface area contributed by atoms with Gasteiger partial charge in [-0.3, -0.25) is 0 Å². The van der Waals surface area contributed by atoms with Gasteiger partial charge in [0.25, 0.3) is 0 Å². The average molecular weight is 444 g/mol. The molecule has 0 aliphatic carbocycles. The molecule has 0 saturated heterocycles. The normalized spacial score (nSPS) is 13.2. The summed E-state index contributed by atoms with van der Waals surface area (Å²) in [6, 6.07) is 26.7. The van der Waals surface area contributed by atoms with Crippen LogP contribution in [0.3, 0.4) is 0 Å². The lowest BCUT2D eigenvalue weighted by atomic mass is 10.0. The molecule has 1 unspecified atom stereocenters. The minimum absolute atomic E-state index is 0.338. The van der Waals surface area contributed by atoms with Crippen LogP contribution in [-0.2, 0) is 9.53 Å². The topological polar surface area (TPSA) is 47.6 Å². The van der Waals surface area contributed by atoms with Gasteiger partial charge in [-0.25, -0.2) is 4.79 Å². The highest BCUT2D eigenvalue weighted by atomic mass is 16.6. The molecule has 0 aliphatic rings. The Labute approximate surface area is 197 Å². The van der Waals surface area contributed by atoms with E-state index < -0.39 is 5.60 Å². The molecule has 0 heterocycles. The Morgan fingerprint density at radius 2 is 1.55 bits per heavy atom. The van der Waals surface area contributed by atoms with E-state index in [4.69, 9.17) is 9.47 Å². The molecule has 33 heavy (non-hydrogen) atoms. The smallest absolute Gasteiger partial charge is 0.350 e. The van der Waals surface area contributed by atoms with Crippen molar-refractivity contribution in [3.05, 3.63) is 90.5 Å². The summed E-state index contributed by atoms with van der Waals surface area (Å²) in [5.41, 5.74) is 4.87. The number of allylic oxidation sites excluding steroid dienone is 1. The van der Waals surface area contributed by atoms with Crippen molar-refractivity contribution in [3.8, 4) is 16.9 Å². The van der Waals surface area contributed by atoms with Crippen LogP contribution >= 0.6 is 0 Å². The zero-order valence-corrected chi connectivity index (χ0v) is 19.9. The molecule has 4 nitrogen and oxygen atoms in total. The van der Waals surface area contributed by atoms with Crippen molar-refractivity contribution in [1.82, 2.24) is 0 Å². The molecule has 0 spiro atoms. The fourth-order valence-corrected chi connectivity index (χ4v) is 3.44. The van der Waals surface area contributed by atoms with Gasteiger partial charge >= 0.3 is 5.97 Å². The van der Waals surface area contributed by atoms with Gasteiger partial charge in [0.1, 0.15) is 5.75 Å². The quantitative estimate of drug-likeness (QED) is 0.343. The highest BCUT2D eigenvalue weighted by molar-refractivity contribution is 5.79. The van der Waals surface area contributed by atoms with E-state index in [1.165, 1.54) is 22.3 Å². The maximum absolute atomic E-state index is 12.2. The second-order valence-corrected chi connectivity index (χ2v) is 8.14. The minimum Gasteiger partial charge on any atom is -0.476 e. The summed E-state index contributed by atoms with van der Waals surface area (Å²) in [6.07, 6.45) is 2.71. The Morgan fingerprint density at radius 1 is 0.909 bits per heavy atom.